The second-order valence-electron chi connectivity index (χ2n) is 5.28. The van der Waals surface area contributed by atoms with Crippen molar-refractivity contribution in [3.05, 3.63) is 72.6 Å². The molecule has 0 atom stereocenters. The molecule has 0 saturated carbocycles. The summed E-state index contributed by atoms with van der Waals surface area (Å²) in [6, 6.07) is 10.8. The summed E-state index contributed by atoms with van der Waals surface area (Å²) in [4.78, 5) is 27.4. The smallest absolute Gasteiger partial charge is 0.249 e. The van der Waals surface area contributed by atoms with Crippen molar-refractivity contribution in [1.29, 1.82) is 0 Å². The Labute approximate surface area is 151 Å². The number of aromatic nitrogens is 1. The Balaban J connectivity index is 1.71. The minimum Gasteiger partial charge on any atom is -0.490 e. The number of amides is 2. The van der Waals surface area contributed by atoms with Crippen LogP contribution in [0.25, 0.3) is 0 Å². The second-order valence-corrected chi connectivity index (χ2v) is 5.28. The van der Waals surface area contributed by atoms with Gasteiger partial charge in [0.1, 0.15) is 18.8 Å². The van der Waals surface area contributed by atoms with E-state index in [2.05, 4.69) is 27.4 Å². The summed E-state index contributed by atoms with van der Waals surface area (Å²) in [5, 5.41) is 6.48. The lowest BCUT2D eigenvalue weighted by molar-refractivity contribution is -0.129. The van der Waals surface area contributed by atoms with Crippen molar-refractivity contribution in [2.45, 2.75) is 13.0 Å². The number of benzene rings is 1. The predicted octanol–water partition coefficient (Wildman–Crippen LogP) is 1.80. The molecule has 1 aromatic heterocycles. The third kappa shape index (κ3) is 6.96. The monoisotopic (exact) mass is 352 g/mol. The van der Waals surface area contributed by atoms with Crippen molar-refractivity contribution < 1.29 is 14.3 Å². The molecule has 0 unspecified atom stereocenters. The molecule has 134 valence electrons. The summed E-state index contributed by atoms with van der Waals surface area (Å²) in [5.41, 5.74) is 3.97. The van der Waals surface area contributed by atoms with E-state index in [9.17, 15) is 9.59 Å². The van der Waals surface area contributed by atoms with E-state index in [-0.39, 0.29) is 12.3 Å². The van der Waals surface area contributed by atoms with Crippen LogP contribution < -0.4 is 15.5 Å². The Hall–Kier alpha value is -3.48. The third-order valence-corrected chi connectivity index (χ3v) is 3.18. The van der Waals surface area contributed by atoms with E-state index in [0.29, 0.717) is 13.2 Å². The number of hydrazone groups is 1. The minimum absolute atomic E-state index is 0.300. The van der Waals surface area contributed by atoms with Gasteiger partial charge in [-0.15, -0.1) is 0 Å². The molecule has 7 heteroatoms. The van der Waals surface area contributed by atoms with Crippen LogP contribution in [0.5, 0.6) is 5.75 Å². The van der Waals surface area contributed by atoms with Gasteiger partial charge in [-0.1, -0.05) is 18.7 Å². The van der Waals surface area contributed by atoms with Gasteiger partial charge < -0.3 is 10.1 Å². The predicted molar refractivity (Wildman–Crippen MR) is 98.6 cm³/mol. The molecule has 0 bridgehead atoms. The summed E-state index contributed by atoms with van der Waals surface area (Å²) >= 11 is 0. The lowest BCUT2D eigenvalue weighted by atomic mass is 10.2. The summed E-state index contributed by atoms with van der Waals surface area (Å²) in [5.74, 6) is -0.155. The molecular formula is C19H20N4O3. The van der Waals surface area contributed by atoms with E-state index in [1.165, 1.54) is 6.21 Å². The van der Waals surface area contributed by atoms with Gasteiger partial charge in [0.2, 0.25) is 11.8 Å². The van der Waals surface area contributed by atoms with E-state index in [1.807, 2.05) is 6.07 Å². The number of nitrogens with one attached hydrogen (secondary N) is 2. The first-order chi connectivity index (χ1) is 12.7. The number of ether oxygens (including phenoxy) is 1. The molecule has 1 aromatic carbocycles. The first kappa shape index (κ1) is 18.9. The van der Waals surface area contributed by atoms with Crippen LogP contribution in [0.1, 0.15) is 17.5 Å². The van der Waals surface area contributed by atoms with E-state index in [1.54, 1.807) is 48.8 Å². The zero-order chi connectivity index (χ0) is 18.6. The number of pyridine rings is 1. The molecule has 26 heavy (non-hydrogen) atoms. The Morgan fingerprint density at radius 1 is 1.19 bits per heavy atom. The highest BCUT2D eigenvalue weighted by Crippen LogP contribution is 2.10. The maximum atomic E-state index is 11.7. The van der Waals surface area contributed by atoms with Crippen molar-refractivity contribution in [3.8, 4) is 5.75 Å². The fraction of sp³-hybridized carbons (Fsp3) is 0.158. The lowest BCUT2D eigenvalue weighted by Crippen LogP contribution is -2.29. The zero-order valence-corrected chi connectivity index (χ0v) is 14.2. The van der Waals surface area contributed by atoms with Gasteiger partial charge in [0.05, 0.1) is 6.21 Å². The molecule has 2 rings (SSSR count). The highest BCUT2D eigenvalue weighted by Gasteiger charge is 2.08. The topological polar surface area (TPSA) is 92.7 Å². The number of rotatable bonds is 9. The van der Waals surface area contributed by atoms with E-state index < -0.39 is 5.91 Å². The first-order valence-corrected chi connectivity index (χ1v) is 7.98. The van der Waals surface area contributed by atoms with Gasteiger partial charge in [-0.25, -0.2) is 5.43 Å². The molecule has 0 spiro atoms. The van der Waals surface area contributed by atoms with Crippen molar-refractivity contribution >= 4 is 18.0 Å². The average Bonchev–Trinajstić information content (AvgIpc) is 2.66. The highest BCUT2D eigenvalue weighted by atomic mass is 16.5. The Bertz CT molecular complexity index is 758. The lowest BCUT2D eigenvalue weighted by Gasteiger charge is -2.04. The molecule has 0 fully saturated rings. The summed E-state index contributed by atoms with van der Waals surface area (Å²) in [7, 11) is 0. The van der Waals surface area contributed by atoms with Crippen LogP contribution in [-0.4, -0.2) is 29.6 Å². The van der Waals surface area contributed by atoms with Crippen LogP contribution in [0.15, 0.2) is 66.5 Å². The van der Waals surface area contributed by atoms with Gasteiger partial charge in [0.15, 0.2) is 0 Å². The molecule has 7 nitrogen and oxygen atoms in total. The number of hydrogen-bond donors (Lipinski definition) is 2. The number of nitrogens with zero attached hydrogens (tertiary/aromatic N) is 2. The van der Waals surface area contributed by atoms with Gasteiger partial charge in [0, 0.05) is 18.9 Å². The van der Waals surface area contributed by atoms with Crippen molar-refractivity contribution in [3.63, 3.8) is 0 Å². The molecule has 0 saturated heterocycles. The van der Waals surface area contributed by atoms with Crippen molar-refractivity contribution in [2.24, 2.45) is 5.10 Å². The number of hydrogen-bond acceptors (Lipinski definition) is 5. The summed E-state index contributed by atoms with van der Waals surface area (Å²) < 4.78 is 5.37. The number of carbonyl (C=O) groups is 2. The summed E-state index contributed by atoms with van der Waals surface area (Å²) in [6.45, 7) is 4.34. The molecule has 2 N–H and O–H groups in total. The fourth-order valence-electron chi connectivity index (χ4n) is 1.94. The van der Waals surface area contributed by atoms with Gasteiger partial charge in [-0.05, 0) is 41.5 Å². The van der Waals surface area contributed by atoms with Crippen LogP contribution in [0.3, 0.4) is 0 Å². The maximum Gasteiger partial charge on any atom is 0.249 e. The van der Waals surface area contributed by atoms with Crippen molar-refractivity contribution in [2.75, 3.05) is 6.61 Å². The van der Waals surface area contributed by atoms with Crippen LogP contribution in [0.4, 0.5) is 0 Å². The Morgan fingerprint density at radius 2 is 2.00 bits per heavy atom. The quantitative estimate of drug-likeness (QED) is 0.311. The Morgan fingerprint density at radius 3 is 2.69 bits per heavy atom. The third-order valence-electron chi connectivity index (χ3n) is 3.18. The summed E-state index contributed by atoms with van der Waals surface area (Å²) in [6.07, 6.45) is 6.16. The molecule has 0 radical (unpaired) electrons. The van der Waals surface area contributed by atoms with E-state index >= 15 is 0 Å². The fourth-order valence-corrected chi connectivity index (χ4v) is 1.94. The minimum atomic E-state index is -0.490. The molecule has 2 aromatic rings. The molecule has 0 aliphatic rings. The van der Waals surface area contributed by atoms with Crippen LogP contribution in [0.2, 0.25) is 0 Å². The van der Waals surface area contributed by atoms with Gasteiger partial charge in [0.25, 0.3) is 0 Å². The van der Waals surface area contributed by atoms with Crippen LogP contribution in [0, 0.1) is 0 Å². The van der Waals surface area contributed by atoms with E-state index in [0.717, 1.165) is 16.9 Å². The van der Waals surface area contributed by atoms with Crippen LogP contribution in [-0.2, 0) is 16.1 Å². The zero-order valence-electron chi connectivity index (χ0n) is 14.2. The number of carbonyl (C=O) groups excluding carboxylic acids is 2. The standard InChI is InChI=1S/C19H20N4O3/c1-2-10-26-17-7-5-15(6-8-17)14-22-23-19(25)11-18(24)21-13-16-4-3-9-20-12-16/h2-9,12,14H,1,10-11,13H2,(H,21,24)(H,23,25)/b22-14-. The second kappa shape index (κ2) is 10.4. The molecule has 0 aliphatic heterocycles. The van der Waals surface area contributed by atoms with Gasteiger partial charge in [-0.3, -0.25) is 14.6 Å². The van der Waals surface area contributed by atoms with Crippen molar-refractivity contribution in [1.82, 2.24) is 15.7 Å². The first-order valence-electron chi connectivity index (χ1n) is 7.98. The highest BCUT2D eigenvalue weighted by molar-refractivity contribution is 5.97. The largest absolute Gasteiger partial charge is 0.490 e. The van der Waals surface area contributed by atoms with Crippen LogP contribution >= 0.6 is 0 Å². The average molecular weight is 352 g/mol. The van der Waals surface area contributed by atoms with Gasteiger partial charge in [-0.2, -0.15) is 5.10 Å². The SMILES string of the molecule is C=CCOc1ccc(/C=N\NC(=O)CC(=O)NCc2cccnc2)cc1. The Kier molecular flexibility index (Phi) is 7.54. The van der Waals surface area contributed by atoms with E-state index in [4.69, 9.17) is 4.74 Å². The van der Waals surface area contributed by atoms with Gasteiger partial charge >= 0.3 is 0 Å². The molecule has 0 aliphatic carbocycles. The normalized spacial score (nSPS) is 10.3. The molecular weight excluding hydrogens is 332 g/mol. The molecule has 2 amide bonds. The molecule has 1 heterocycles. The maximum absolute atomic E-state index is 11.7.